The lowest BCUT2D eigenvalue weighted by molar-refractivity contribution is 0.787. The number of aliphatic imine (C=N–C) groups is 1. The van der Waals surface area contributed by atoms with E-state index in [0.717, 1.165) is 18.7 Å². The van der Waals surface area contributed by atoms with Crippen LogP contribution in [0.5, 0.6) is 0 Å². The topological polar surface area (TPSA) is 36.1 Å². The predicted molar refractivity (Wildman–Crippen MR) is 53.3 cm³/mol. The third kappa shape index (κ3) is 2.46. The van der Waals surface area contributed by atoms with Crippen LogP contribution in [-0.2, 0) is 0 Å². The van der Waals surface area contributed by atoms with Gasteiger partial charge in [-0.15, -0.1) is 0 Å². The summed E-state index contributed by atoms with van der Waals surface area (Å²) in [6, 6.07) is 2.15. The Morgan fingerprint density at radius 1 is 1.83 bits per heavy atom. The first-order valence-corrected chi connectivity index (χ1v) is 4.80. The second-order valence-electron chi connectivity index (χ2n) is 2.91. The highest BCUT2D eigenvalue weighted by atomic mass is 79.9. The Morgan fingerprint density at radius 3 is 3.17 bits per heavy atom. The van der Waals surface area contributed by atoms with Crippen LogP contribution in [0.4, 0.5) is 0 Å². The van der Waals surface area contributed by atoms with Gasteiger partial charge in [-0.2, -0.15) is 5.26 Å². The number of dihydropyridines is 1. The highest BCUT2D eigenvalue weighted by Crippen LogP contribution is 2.18. The molecular weight excluding hydrogens is 216 g/mol. The second kappa shape index (κ2) is 4.42. The molecule has 0 amide bonds. The molecule has 0 fully saturated rings. The highest BCUT2D eigenvalue weighted by molar-refractivity contribution is 9.11. The average Bonchev–Trinajstić information content (AvgIpc) is 2.05. The fourth-order valence-electron chi connectivity index (χ4n) is 1.11. The van der Waals surface area contributed by atoms with Gasteiger partial charge in [-0.1, -0.05) is 22.9 Å². The van der Waals surface area contributed by atoms with Crippen LogP contribution < -0.4 is 0 Å². The highest BCUT2D eigenvalue weighted by Gasteiger charge is 2.11. The molecule has 12 heavy (non-hydrogen) atoms. The lowest BCUT2D eigenvalue weighted by Crippen LogP contribution is -2.11. The lowest BCUT2D eigenvalue weighted by atomic mass is 10.0. The van der Waals surface area contributed by atoms with E-state index in [9.17, 15) is 0 Å². The Balaban J connectivity index is 2.64. The van der Waals surface area contributed by atoms with E-state index in [1.807, 2.05) is 13.0 Å². The zero-order valence-corrected chi connectivity index (χ0v) is 8.63. The molecule has 3 heteroatoms. The van der Waals surface area contributed by atoms with Crippen molar-refractivity contribution >= 4 is 21.6 Å². The van der Waals surface area contributed by atoms with Crippen molar-refractivity contribution < 1.29 is 0 Å². The van der Waals surface area contributed by atoms with E-state index in [2.05, 4.69) is 27.0 Å². The van der Waals surface area contributed by atoms with Crippen molar-refractivity contribution in [1.29, 1.82) is 5.26 Å². The smallest absolute Gasteiger partial charge is 0.0628 e. The molecule has 0 aromatic heterocycles. The van der Waals surface area contributed by atoms with Crippen LogP contribution in [0.15, 0.2) is 15.6 Å². The van der Waals surface area contributed by atoms with Gasteiger partial charge in [-0.25, -0.2) is 0 Å². The zero-order chi connectivity index (χ0) is 8.97. The number of hydrogen-bond acceptors (Lipinski definition) is 2. The zero-order valence-electron chi connectivity index (χ0n) is 7.05. The van der Waals surface area contributed by atoms with Gasteiger partial charge in [0.1, 0.15) is 0 Å². The van der Waals surface area contributed by atoms with E-state index in [1.165, 1.54) is 4.48 Å². The van der Waals surface area contributed by atoms with Crippen molar-refractivity contribution in [3.8, 4) is 6.07 Å². The summed E-state index contributed by atoms with van der Waals surface area (Å²) in [5, 5.41) is 8.50. The Kier molecular flexibility index (Phi) is 3.48. The van der Waals surface area contributed by atoms with E-state index >= 15 is 0 Å². The first-order valence-electron chi connectivity index (χ1n) is 4.01. The molecule has 1 unspecified atom stereocenters. The molecular formula is C9H11BrN2. The quantitative estimate of drug-likeness (QED) is 0.714. The molecule has 1 heterocycles. The van der Waals surface area contributed by atoms with Crippen molar-refractivity contribution in [3.05, 3.63) is 10.6 Å². The molecule has 0 aromatic carbocycles. The van der Waals surface area contributed by atoms with E-state index in [-0.39, 0.29) is 5.92 Å². The molecule has 1 aliphatic rings. The number of hydrogen-bond donors (Lipinski definition) is 0. The third-order valence-corrected chi connectivity index (χ3v) is 2.48. The summed E-state index contributed by atoms with van der Waals surface area (Å²) >= 11 is 3.45. The van der Waals surface area contributed by atoms with Gasteiger partial charge < -0.3 is 0 Å². The van der Waals surface area contributed by atoms with Gasteiger partial charge >= 0.3 is 0 Å². The standard InChI is InChI=1S/C9H11BrN2/c1-7(2-4-11)9-6-8(10)3-5-12-9/h6-7H,2-3,5H2,1H3. The van der Waals surface area contributed by atoms with Crippen LogP contribution in [0.25, 0.3) is 0 Å². The van der Waals surface area contributed by atoms with Crippen molar-refractivity contribution in [1.82, 2.24) is 0 Å². The number of nitrogens with zero attached hydrogens (tertiary/aromatic N) is 2. The summed E-state index contributed by atoms with van der Waals surface area (Å²) in [6.07, 6.45) is 3.57. The largest absolute Gasteiger partial charge is 0.289 e. The summed E-state index contributed by atoms with van der Waals surface area (Å²) in [6.45, 7) is 2.88. The number of nitriles is 1. The van der Waals surface area contributed by atoms with Crippen LogP contribution in [0.3, 0.4) is 0 Å². The SMILES string of the molecule is CC(CC#N)C1=NCCC(Br)=C1. The normalized spacial score (nSPS) is 19.1. The number of halogens is 1. The minimum atomic E-state index is 0.267. The molecule has 0 saturated heterocycles. The van der Waals surface area contributed by atoms with Gasteiger partial charge in [0.05, 0.1) is 6.07 Å². The van der Waals surface area contributed by atoms with E-state index in [0.29, 0.717) is 6.42 Å². The van der Waals surface area contributed by atoms with E-state index in [4.69, 9.17) is 5.26 Å². The molecule has 2 nitrogen and oxygen atoms in total. The Hall–Kier alpha value is -0.620. The molecule has 0 aromatic rings. The first-order chi connectivity index (χ1) is 5.74. The Bertz CT molecular complexity index is 260. The van der Waals surface area contributed by atoms with Crippen LogP contribution >= 0.6 is 15.9 Å². The second-order valence-corrected chi connectivity index (χ2v) is 3.93. The van der Waals surface area contributed by atoms with Gasteiger partial charge in [-0.3, -0.25) is 4.99 Å². The molecule has 0 N–H and O–H groups in total. The minimum Gasteiger partial charge on any atom is -0.289 e. The van der Waals surface area contributed by atoms with Gasteiger partial charge in [0.2, 0.25) is 0 Å². The minimum absolute atomic E-state index is 0.267. The van der Waals surface area contributed by atoms with Crippen LogP contribution in [0, 0.1) is 17.2 Å². The third-order valence-electron chi connectivity index (χ3n) is 1.85. The van der Waals surface area contributed by atoms with E-state index in [1.54, 1.807) is 0 Å². The van der Waals surface area contributed by atoms with E-state index < -0.39 is 0 Å². The predicted octanol–water partition coefficient (Wildman–Crippen LogP) is 2.66. The Morgan fingerprint density at radius 2 is 2.58 bits per heavy atom. The molecule has 64 valence electrons. The van der Waals surface area contributed by atoms with Gasteiger partial charge in [0.15, 0.2) is 0 Å². The van der Waals surface area contributed by atoms with Crippen molar-refractivity contribution in [2.45, 2.75) is 19.8 Å². The molecule has 1 aliphatic heterocycles. The van der Waals surface area contributed by atoms with Crippen molar-refractivity contribution in [3.63, 3.8) is 0 Å². The molecule has 1 atom stereocenters. The molecule has 0 bridgehead atoms. The summed E-state index contributed by atoms with van der Waals surface area (Å²) in [5.41, 5.74) is 1.05. The van der Waals surface area contributed by atoms with Gasteiger partial charge in [0.25, 0.3) is 0 Å². The van der Waals surface area contributed by atoms with Crippen LogP contribution in [0.1, 0.15) is 19.8 Å². The molecule has 0 radical (unpaired) electrons. The summed E-state index contributed by atoms with van der Waals surface area (Å²) in [7, 11) is 0. The average molecular weight is 227 g/mol. The molecule has 1 rings (SSSR count). The maximum absolute atomic E-state index is 8.50. The van der Waals surface area contributed by atoms with Crippen molar-refractivity contribution in [2.75, 3.05) is 6.54 Å². The fourth-order valence-corrected chi connectivity index (χ4v) is 1.52. The summed E-state index contributed by atoms with van der Waals surface area (Å²) in [5.74, 6) is 0.267. The van der Waals surface area contributed by atoms with Crippen LogP contribution in [-0.4, -0.2) is 12.3 Å². The number of allylic oxidation sites excluding steroid dienone is 1. The Labute approximate surface area is 81.1 Å². The molecule has 0 saturated carbocycles. The molecule has 0 aliphatic carbocycles. The summed E-state index contributed by atoms with van der Waals surface area (Å²) < 4.78 is 1.19. The summed E-state index contributed by atoms with van der Waals surface area (Å²) in [4.78, 5) is 4.36. The maximum atomic E-state index is 8.50. The monoisotopic (exact) mass is 226 g/mol. The maximum Gasteiger partial charge on any atom is 0.0628 e. The fraction of sp³-hybridized carbons (Fsp3) is 0.556. The van der Waals surface area contributed by atoms with Gasteiger partial charge in [-0.05, 0) is 17.0 Å². The first kappa shape index (κ1) is 9.47. The number of rotatable bonds is 2. The van der Waals surface area contributed by atoms with Crippen LogP contribution in [0.2, 0.25) is 0 Å². The lowest BCUT2D eigenvalue weighted by Gasteiger charge is -2.12. The van der Waals surface area contributed by atoms with Gasteiger partial charge in [0, 0.05) is 24.6 Å². The van der Waals surface area contributed by atoms with Crippen molar-refractivity contribution in [2.24, 2.45) is 10.9 Å². The molecule has 0 spiro atoms.